The first kappa shape index (κ1) is 14.1. The lowest BCUT2D eigenvalue weighted by molar-refractivity contribution is -0.141. The van der Waals surface area contributed by atoms with Gasteiger partial charge >= 0.3 is 6.18 Å². The van der Waals surface area contributed by atoms with Crippen LogP contribution >= 0.6 is 0 Å². The van der Waals surface area contributed by atoms with Crippen LogP contribution in [0.5, 0.6) is 0 Å². The smallest absolute Gasteiger partial charge is 0.385 e. The van der Waals surface area contributed by atoms with E-state index in [4.69, 9.17) is 5.73 Å². The highest BCUT2D eigenvalue weighted by atomic mass is 19.4. The first-order valence-corrected chi connectivity index (χ1v) is 6.48. The molecule has 0 radical (unpaired) electrons. The van der Waals surface area contributed by atoms with Gasteiger partial charge in [0.05, 0.1) is 0 Å². The van der Waals surface area contributed by atoms with Crippen molar-refractivity contribution in [3.8, 4) is 0 Å². The van der Waals surface area contributed by atoms with Crippen molar-refractivity contribution in [3.05, 3.63) is 24.0 Å². The summed E-state index contributed by atoms with van der Waals surface area (Å²) >= 11 is 0. The van der Waals surface area contributed by atoms with Gasteiger partial charge in [-0.05, 0) is 37.3 Å². The predicted molar refractivity (Wildman–Crippen MR) is 67.7 cm³/mol. The van der Waals surface area contributed by atoms with E-state index in [1.807, 2.05) is 0 Å². The fraction of sp³-hybridized carbons (Fsp3) is 0.615. The molecule has 1 saturated carbocycles. The van der Waals surface area contributed by atoms with Crippen molar-refractivity contribution in [1.29, 1.82) is 0 Å². The summed E-state index contributed by atoms with van der Waals surface area (Å²) in [6.07, 6.45) is 0.937. The zero-order valence-electron chi connectivity index (χ0n) is 10.6. The Labute approximate surface area is 110 Å². The van der Waals surface area contributed by atoms with Gasteiger partial charge in [-0.1, -0.05) is 6.42 Å². The maximum atomic E-state index is 12.5. The molecule has 0 aliphatic heterocycles. The van der Waals surface area contributed by atoms with Crippen LogP contribution in [0.4, 0.5) is 18.9 Å². The molecule has 0 bridgehead atoms. The van der Waals surface area contributed by atoms with Gasteiger partial charge in [-0.3, -0.25) is 4.98 Å². The number of hydrogen-bond acceptors (Lipinski definition) is 3. The van der Waals surface area contributed by atoms with Gasteiger partial charge < -0.3 is 11.1 Å². The normalized spacial score (nSPS) is 24.2. The molecule has 0 amide bonds. The minimum atomic E-state index is -4.40. The molecule has 2 rings (SSSR count). The van der Waals surface area contributed by atoms with Crippen molar-refractivity contribution in [2.75, 3.05) is 11.9 Å². The second-order valence-electron chi connectivity index (χ2n) is 5.10. The number of aromatic nitrogens is 1. The Morgan fingerprint density at radius 3 is 2.84 bits per heavy atom. The molecule has 1 aliphatic carbocycles. The van der Waals surface area contributed by atoms with E-state index >= 15 is 0 Å². The highest BCUT2D eigenvalue weighted by Crippen LogP contribution is 2.29. The Kier molecular flexibility index (Phi) is 4.29. The Morgan fingerprint density at radius 2 is 2.16 bits per heavy atom. The van der Waals surface area contributed by atoms with Crippen LogP contribution in [0.3, 0.4) is 0 Å². The minimum Gasteiger partial charge on any atom is -0.385 e. The third kappa shape index (κ3) is 4.09. The molecule has 0 saturated heterocycles. The summed E-state index contributed by atoms with van der Waals surface area (Å²) in [4.78, 5) is 3.33. The molecule has 0 aromatic carbocycles. The Morgan fingerprint density at radius 1 is 1.37 bits per heavy atom. The maximum Gasteiger partial charge on any atom is 0.433 e. The highest BCUT2D eigenvalue weighted by Gasteiger charge is 2.32. The van der Waals surface area contributed by atoms with E-state index < -0.39 is 11.9 Å². The third-order valence-corrected chi connectivity index (χ3v) is 3.47. The molecule has 106 valence electrons. The number of hydrogen-bond donors (Lipinski definition) is 2. The lowest BCUT2D eigenvalue weighted by Gasteiger charge is -2.27. The van der Waals surface area contributed by atoms with E-state index in [1.165, 1.54) is 6.20 Å². The van der Waals surface area contributed by atoms with Gasteiger partial charge in [0.2, 0.25) is 0 Å². The van der Waals surface area contributed by atoms with Crippen molar-refractivity contribution in [2.45, 2.75) is 37.9 Å². The van der Waals surface area contributed by atoms with Crippen molar-refractivity contribution in [2.24, 2.45) is 11.7 Å². The van der Waals surface area contributed by atoms with E-state index in [-0.39, 0.29) is 6.04 Å². The van der Waals surface area contributed by atoms with E-state index in [1.54, 1.807) is 6.07 Å². The van der Waals surface area contributed by atoms with Gasteiger partial charge in [-0.2, -0.15) is 13.2 Å². The predicted octanol–water partition coefficient (Wildman–Crippen LogP) is 3.03. The summed E-state index contributed by atoms with van der Waals surface area (Å²) in [5, 5.41) is 3.05. The Bertz CT molecular complexity index is 420. The van der Waals surface area contributed by atoms with E-state index in [2.05, 4.69) is 10.3 Å². The van der Waals surface area contributed by atoms with Gasteiger partial charge in [0.1, 0.15) is 5.69 Å². The number of nitrogens with two attached hydrogens (primary N) is 1. The quantitative estimate of drug-likeness (QED) is 0.890. The topological polar surface area (TPSA) is 50.9 Å². The van der Waals surface area contributed by atoms with Crippen LogP contribution in [0, 0.1) is 5.92 Å². The molecule has 1 aromatic heterocycles. The molecule has 1 fully saturated rings. The van der Waals surface area contributed by atoms with E-state index in [0.29, 0.717) is 18.2 Å². The molecule has 2 unspecified atom stereocenters. The molecule has 3 nitrogen and oxygen atoms in total. The summed E-state index contributed by atoms with van der Waals surface area (Å²) in [7, 11) is 0. The van der Waals surface area contributed by atoms with Crippen LogP contribution in [0.15, 0.2) is 18.3 Å². The Balaban J connectivity index is 1.92. The van der Waals surface area contributed by atoms with Gasteiger partial charge in [0.25, 0.3) is 0 Å². The molecular weight excluding hydrogens is 255 g/mol. The number of halogens is 3. The number of alkyl halides is 3. The van der Waals surface area contributed by atoms with E-state index in [9.17, 15) is 13.2 Å². The largest absolute Gasteiger partial charge is 0.433 e. The van der Waals surface area contributed by atoms with Crippen molar-refractivity contribution >= 4 is 5.69 Å². The molecular formula is C13H18F3N3. The number of nitrogens with zero attached hydrogens (tertiary/aromatic N) is 1. The van der Waals surface area contributed by atoms with Gasteiger partial charge in [-0.25, -0.2) is 0 Å². The number of rotatable bonds is 3. The van der Waals surface area contributed by atoms with Gasteiger partial charge in [0.15, 0.2) is 0 Å². The van der Waals surface area contributed by atoms with Crippen LogP contribution in [-0.2, 0) is 6.18 Å². The molecule has 1 aromatic rings. The summed E-state index contributed by atoms with van der Waals surface area (Å²) < 4.78 is 37.5. The molecule has 1 aliphatic rings. The molecule has 2 atom stereocenters. The van der Waals surface area contributed by atoms with Crippen LogP contribution in [0.25, 0.3) is 0 Å². The SMILES string of the molecule is NC1CCCC(CNc2ccnc(C(F)(F)F)c2)C1. The summed E-state index contributed by atoms with van der Waals surface area (Å²) in [6.45, 7) is 0.662. The summed E-state index contributed by atoms with van der Waals surface area (Å²) in [6, 6.07) is 2.82. The van der Waals surface area contributed by atoms with Crippen LogP contribution in [0.2, 0.25) is 0 Å². The molecule has 0 spiro atoms. The standard InChI is InChI=1S/C13H18F3N3/c14-13(15,16)12-7-11(4-5-18-12)19-8-9-2-1-3-10(17)6-9/h4-5,7,9-10H,1-3,6,8,17H2,(H,18,19). The average molecular weight is 273 g/mol. The molecule has 19 heavy (non-hydrogen) atoms. The van der Waals surface area contributed by atoms with Crippen molar-refractivity contribution in [1.82, 2.24) is 4.98 Å². The molecule has 3 N–H and O–H groups in total. The van der Waals surface area contributed by atoms with E-state index in [0.717, 1.165) is 31.7 Å². The second-order valence-corrected chi connectivity index (χ2v) is 5.10. The summed E-state index contributed by atoms with van der Waals surface area (Å²) in [5.74, 6) is 0.436. The second kappa shape index (κ2) is 5.77. The fourth-order valence-corrected chi connectivity index (χ4v) is 2.48. The maximum absolute atomic E-state index is 12.5. The molecule has 6 heteroatoms. The third-order valence-electron chi connectivity index (χ3n) is 3.47. The minimum absolute atomic E-state index is 0.226. The Hall–Kier alpha value is -1.30. The fourth-order valence-electron chi connectivity index (χ4n) is 2.48. The van der Waals surface area contributed by atoms with Gasteiger partial charge in [0, 0.05) is 24.5 Å². The first-order chi connectivity index (χ1) is 8.95. The van der Waals surface area contributed by atoms with Crippen molar-refractivity contribution < 1.29 is 13.2 Å². The molecule has 1 heterocycles. The summed E-state index contributed by atoms with van der Waals surface area (Å²) in [5.41, 5.74) is 5.49. The highest BCUT2D eigenvalue weighted by molar-refractivity contribution is 5.43. The number of anilines is 1. The van der Waals surface area contributed by atoms with Gasteiger partial charge in [-0.15, -0.1) is 0 Å². The lowest BCUT2D eigenvalue weighted by Crippen LogP contribution is -2.31. The van der Waals surface area contributed by atoms with Crippen LogP contribution in [0.1, 0.15) is 31.4 Å². The zero-order chi connectivity index (χ0) is 13.9. The van der Waals surface area contributed by atoms with Crippen LogP contribution in [-0.4, -0.2) is 17.6 Å². The lowest BCUT2D eigenvalue weighted by atomic mass is 9.86. The average Bonchev–Trinajstić information content (AvgIpc) is 2.36. The van der Waals surface area contributed by atoms with Crippen molar-refractivity contribution in [3.63, 3.8) is 0 Å². The number of pyridine rings is 1. The first-order valence-electron chi connectivity index (χ1n) is 6.48. The van der Waals surface area contributed by atoms with Crippen LogP contribution < -0.4 is 11.1 Å². The number of nitrogens with one attached hydrogen (secondary N) is 1. The zero-order valence-corrected chi connectivity index (χ0v) is 10.6. The monoisotopic (exact) mass is 273 g/mol.